The van der Waals surface area contributed by atoms with Crippen molar-refractivity contribution in [1.82, 2.24) is 4.90 Å². The van der Waals surface area contributed by atoms with Gasteiger partial charge in [-0.25, -0.2) is 0 Å². The summed E-state index contributed by atoms with van der Waals surface area (Å²) in [5, 5.41) is 2.00. The lowest BCUT2D eigenvalue weighted by atomic mass is 9.94. The highest BCUT2D eigenvalue weighted by molar-refractivity contribution is 6.09. The Balaban J connectivity index is 1.82. The van der Waals surface area contributed by atoms with E-state index in [0.29, 0.717) is 18.2 Å². The first-order valence-corrected chi connectivity index (χ1v) is 8.10. The van der Waals surface area contributed by atoms with Gasteiger partial charge < -0.3 is 4.90 Å². The molecule has 3 heteroatoms. The van der Waals surface area contributed by atoms with E-state index in [1.165, 1.54) is 19.3 Å². The van der Waals surface area contributed by atoms with E-state index < -0.39 is 0 Å². The van der Waals surface area contributed by atoms with E-state index in [1.807, 2.05) is 29.2 Å². The smallest absolute Gasteiger partial charge is 0.254 e. The van der Waals surface area contributed by atoms with Crippen LogP contribution in [-0.4, -0.2) is 23.1 Å². The number of hydrogen-bond acceptors (Lipinski definition) is 2. The lowest BCUT2D eigenvalue weighted by Gasteiger charge is -2.30. The maximum absolute atomic E-state index is 12.8. The van der Waals surface area contributed by atoms with E-state index in [-0.39, 0.29) is 5.91 Å². The summed E-state index contributed by atoms with van der Waals surface area (Å²) in [6.45, 7) is 0.693. The van der Waals surface area contributed by atoms with Gasteiger partial charge in [0.05, 0.1) is 0 Å². The number of rotatable bonds is 2. The molecule has 4 rings (SSSR count). The standard InChI is InChI=1S/C19H19NO2/c21-12-13-10-17-18(16-9-5-4-8-15(13)16)11-20(19(17)22)14-6-2-1-3-7-14/h4-5,8-10,12,14H,1-3,6-7,11H2. The van der Waals surface area contributed by atoms with Crippen molar-refractivity contribution in [2.24, 2.45) is 0 Å². The summed E-state index contributed by atoms with van der Waals surface area (Å²) in [6, 6.07) is 10.1. The lowest BCUT2D eigenvalue weighted by molar-refractivity contribution is 0.0660. The van der Waals surface area contributed by atoms with Crippen LogP contribution in [0.2, 0.25) is 0 Å². The molecular weight excluding hydrogens is 274 g/mol. The predicted octanol–water partition coefficient (Wildman–Crippen LogP) is 3.94. The Hall–Kier alpha value is -2.16. The van der Waals surface area contributed by atoms with Crippen LogP contribution in [0.25, 0.3) is 10.8 Å². The van der Waals surface area contributed by atoms with E-state index in [0.717, 1.165) is 41.0 Å². The summed E-state index contributed by atoms with van der Waals surface area (Å²) >= 11 is 0. The Morgan fingerprint density at radius 1 is 1.05 bits per heavy atom. The maximum atomic E-state index is 12.8. The molecule has 1 saturated carbocycles. The first kappa shape index (κ1) is 13.5. The Labute approximate surface area is 129 Å². The molecule has 2 aliphatic rings. The van der Waals surface area contributed by atoms with Gasteiger partial charge in [-0.1, -0.05) is 43.5 Å². The largest absolute Gasteiger partial charge is 0.331 e. The van der Waals surface area contributed by atoms with Crippen LogP contribution in [0, 0.1) is 0 Å². The zero-order valence-corrected chi connectivity index (χ0v) is 12.5. The molecule has 0 bridgehead atoms. The Morgan fingerprint density at radius 3 is 2.50 bits per heavy atom. The first-order chi connectivity index (χ1) is 10.8. The monoisotopic (exact) mass is 293 g/mol. The molecule has 0 aromatic heterocycles. The molecule has 1 aliphatic carbocycles. The van der Waals surface area contributed by atoms with Crippen LogP contribution in [0.5, 0.6) is 0 Å². The number of nitrogens with zero attached hydrogens (tertiary/aromatic N) is 1. The van der Waals surface area contributed by atoms with Crippen LogP contribution < -0.4 is 0 Å². The second kappa shape index (κ2) is 5.24. The van der Waals surface area contributed by atoms with E-state index in [9.17, 15) is 9.59 Å². The first-order valence-electron chi connectivity index (χ1n) is 8.10. The average molecular weight is 293 g/mol. The molecule has 0 N–H and O–H groups in total. The molecule has 1 aliphatic heterocycles. The van der Waals surface area contributed by atoms with Gasteiger partial charge in [0.1, 0.15) is 0 Å². The Morgan fingerprint density at radius 2 is 1.77 bits per heavy atom. The average Bonchev–Trinajstić information content (AvgIpc) is 2.92. The van der Waals surface area contributed by atoms with Crippen molar-refractivity contribution in [3.05, 3.63) is 47.0 Å². The van der Waals surface area contributed by atoms with Crippen LogP contribution in [0.3, 0.4) is 0 Å². The molecule has 0 atom stereocenters. The third-order valence-electron chi connectivity index (χ3n) is 5.15. The van der Waals surface area contributed by atoms with Gasteiger partial charge in [0.15, 0.2) is 6.29 Å². The molecule has 2 aromatic rings. The third-order valence-corrected chi connectivity index (χ3v) is 5.15. The van der Waals surface area contributed by atoms with Crippen molar-refractivity contribution < 1.29 is 9.59 Å². The summed E-state index contributed by atoms with van der Waals surface area (Å²) in [5.41, 5.74) is 2.44. The van der Waals surface area contributed by atoms with Crippen LogP contribution in [0.4, 0.5) is 0 Å². The SMILES string of the molecule is O=Cc1cc2c(c3ccccc13)CN(C1CCCCC1)C2=O. The number of carbonyl (C=O) groups is 2. The third kappa shape index (κ3) is 1.96. The van der Waals surface area contributed by atoms with Crippen molar-refractivity contribution in [1.29, 1.82) is 0 Å². The summed E-state index contributed by atoms with van der Waals surface area (Å²) < 4.78 is 0. The molecule has 22 heavy (non-hydrogen) atoms. The highest BCUT2D eigenvalue weighted by atomic mass is 16.2. The summed E-state index contributed by atoms with van der Waals surface area (Å²) in [4.78, 5) is 26.2. The fraction of sp³-hybridized carbons (Fsp3) is 0.368. The zero-order valence-electron chi connectivity index (χ0n) is 12.5. The van der Waals surface area contributed by atoms with Gasteiger partial charge in [-0.15, -0.1) is 0 Å². The van der Waals surface area contributed by atoms with Crippen molar-refractivity contribution in [3.8, 4) is 0 Å². The molecule has 3 nitrogen and oxygen atoms in total. The quantitative estimate of drug-likeness (QED) is 0.786. The zero-order chi connectivity index (χ0) is 15.1. The number of aldehydes is 1. The minimum absolute atomic E-state index is 0.107. The maximum Gasteiger partial charge on any atom is 0.254 e. The second-order valence-corrected chi connectivity index (χ2v) is 6.38. The fourth-order valence-electron chi connectivity index (χ4n) is 4.01. The summed E-state index contributed by atoms with van der Waals surface area (Å²) in [7, 11) is 0. The Bertz CT molecular complexity index is 759. The molecule has 2 aromatic carbocycles. The molecule has 1 fully saturated rings. The molecule has 1 amide bonds. The van der Waals surface area contributed by atoms with E-state index in [2.05, 4.69) is 0 Å². The molecule has 0 radical (unpaired) electrons. The lowest BCUT2D eigenvalue weighted by Crippen LogP contribution is -2.36. The van der Waals surface area contributed by atoms with Gasteiger partial charge in [0, 0.05) is 23.7 Å². The molecule has 0 unspecified atom stereocenters. The number of carbonyl (C=O) groups excluding carboxylic acids is 2. The highest BCUT2D eigenvalue weighted by Gasteiger charge is 2.34. The van der Waals surface area contributed by atoms with Crippen LogP contribution in [0.1, 0.15) is 58.4 Å². The number of fused-ring (bicyclic) bond motifs is 3. The number of amides is 1. The van der Waals surface area contributed by atoms with Gasteiger partial charge >= 0.3 is 0 Å². The topological polar surface area (TPSA) is 37.4 Å². The minimum Gasteiger partial charge on any atom is -0.331 e. The van der Waals surface area contributed by atoms with Gasteiger partial charge in [0.2, 0.25) is 0 Å². The van der Waals surface area contributed by atoms with Gasteiger partial charge in [-0.2, -0.15) is 0 Å². The van der Waals surface area contributed by atoms with Crippen molar-refractivity contribution in [2.45, 2.75) is 44.7 Å². The minimum atomic E-state index is 0.107. The second-order valence-electron chi connectivity index (χ2n) is 6.38. The van der Waals surface area contributed by atoms with E-state index in [4.69, 9.17) is 0 Å². The van der Waals surface area contributed by atoms with Gasteiger partial charge in [-0.3, -0.25) is 9.59 Å². The Kier molecular flexibility index (Phi) is 3.21. The number of hydrogen-bond donors (Lipinski definition) is 0. The van der Waals surface area contributed by atoms with Crippen LogP contribution >= 0.6 is 0 Å². The summed E-state index contributed by atoms with van der Waals surface area (Å²) in [6.07, 6.45) is 6.79. The number of benzene rings is 2. The van der Waals surface area contributed by atoms with Gasteiger partial charge in [0.25, 0.3) is 5.91 Å². The molecule has 0 saturated heterocycles. The summed E-state index contributed by atoms with van der Waals surface area (Å²) in [5.74, 6) is 0.107. The molecule has 0 spiro atoms. The molecule has 1 heterocycles. The molecule has 112 valence electrons. The van der Waals surface area contributed by atoms with Crippen LogP contribution in [0.15, 0.2) is 30.3 Å². The van der Waals surface area contributed by atoms with Crippen molar-refractivity contribution in [3.63, 3.8) is 0 Å². The predicted molar refractivity (Wildman–Crippen MR) is 86.1 cm³/mol. The van der Waals surface area contributed by atoms with E-state index in [1.54, 1.807) is 6.07 Å². The normalized spacial score (nSPS) is 18.7. The van der Waals surface area contributed by atoms with Gasteiger partial charge in [-0.05, 0) is 35.2 Å². The van der Waals surface area contributed by atoms with Crippen molar-refractivity contribution >= 4 is 23.0 Å². The fourth-order valence-corrected chi connectivity index (χ4v) is 4.01. The van der Waals surface area contributed by atoms with Crippen molar-refractivity contribution in [2.75, 3.05) is 0 Å². The van der Waals surface area contributed by atoms with Crippen LogP contribution in [-0.2, 0) is 6.54 Å². The molecular formula is C19H19NO2. The van der Waals surface area contributed by atoms with E-state index >= 15 is 0 Å². The highest BCUT2D eigenvalue weighted by Crippen LogP contribution is 2.35.